The predicted molar refractivity (Wildman–Crippen MR) is 64.2 cm³/mol. The number of aliphatic hydroxyl groups excluding tert-OH is 1. The Morgan fingerprint density at radius 2 is 2.00 bits per heavy atom. The van der Waals surface area contributed by atoms with Crippen LogP contribution < -0.4 is 5.73 Å². The highest BCUT2D eigenvalue weighted by Crippen LogP contribution is 2.14. The Labute approximate surface area is 98.5 Å². The molecule has 0 aliphatic rings. The molecule has 16 heavy (non-hydrogen) atoms. The van der Waals surface area contributed by atoms with Crippen LogP contribution in [-0.4, -0.2) is 33.4 Å². The smallest absolute Gasteiger partial charge is 0.321 e. The largest absolute Gasteiger partial charge is 0.480 e. The molecule has 0 heterocycles. The van der Waals surface area contributed by atoms with Crippen LogP contribution in [0.2, 0.25) is 0 Å². The van der Waals surface area contributed by atoms with E-state index in [9.17, 15) is 9.90 Å². The second kappa shape index (κ2) is 6.52. The molecule has 0 aliphatic heterocycles. The van der Waals surface area contributed by atoms with Crippen molar-refractivity contribution in [3.8, 4) is 0 Å². The number of nitrogens with two attached hydrogens (primary N) is 1. The molecule has 1 aromatic carbocycles. The SMILES string of the molecule is NC(CSC(O)Cc1ccccc1)C(=O)O. The maximum absolute atomic E-state index is 10.5. The van der Waals surface area contributed by atoms with Gasteiger partial charge in [-0.15, -0.1) is 11.8 Å². The number of benzene rings is 1. The standard InChI is InChI=1S/C11H15NO3S/c12-9(11(14)15)7-16-10(13)6-8-4-2-1-3-5-8/h1-5,9-10,13H,6-7,12H2,(H,14,15). The van der Waals surface area contributed by atoms with Crippen LogP contribution >= 0.6 is 11.8 Å². The average Bonchev–Trinajstić information content (AvgIpc) is 2.27. The lowest BCUT2D eigenvalue weighted by molar-refractivity contribution is -0.137. The van der Waals surface area contributed by atoms with Crippen molar-refractivity contribution < 1.29 is 15.0 Å². The molecule has 4 nitrogen and oxygen atoms in total. The van der Waals surface area contributed by atoms with Gasteiger partial charge >= 0.3 is 5.97 Å². The number of hydrogen-bond acceptors (Lipinski definition) is 4. The first-order valence-electron chi connectivity index (χ1n) is 4.91. The van der Waals surface area contributed by atoms with Crippen LogP contribution in [0.5, 0.6) is 0 Å². The molecule has 0 aliphatic carbocycles. The van der Waals surface area contributed by atoms with Crippen LogP contribution in [0.4, 0.5) is 0 Å². The van der Waals surface area contributed by atoms with Crippen LogP contribution in [0.15, 0.2) is 30.3 Å². The zero-order chi connectivity index (χ0) is 12.0. The number of hydrogen-bond donors (Lipinski definition) is 3. The molecule has 0 aromatic heterocycles. The van der Waals surface area contributed by atoms with E-state index < -0.39 is 17.4 Å². The molecule has 1 aromatic rings. The first kappa shape index (κ1) is 13.0. The molecule has 0 amide bonds. The van der Waals surface area contributed by atoms with E-state index in [1.807, 2.05) is 30.3 Å². The van der Waals surface area contributed by atoms with Gasteiger partial charge in [-0.25, -0.2) is 0 Å². The van der Waals surface area contributed by atoms with E-state index in [-0.39, 0.29) is 5.75 Å². The minimum atomic E-state index is -1.04. The Morgan fingerprint density at radius 1 is 1.38 bits per heavy atom. The zero-order valence-electron chi connectivity index (χ0n) is 8.74. The maximum atomic E-state index is 10.5. The summed E-state index contributed by atoms with van der Waals surface area (Å²) in [6.07, 6.45) is 0.498. The predicted octanol–water partition coefficient (Wildman–Crippen LogP) is 0.693. The van der Waals surface area contributed by atoms with Gasteiger partial charge in [-0.2, -0.15) is 0 Å². The fraction of sp³-hybridized carbons (Fsp3) is 0.364. The molecule has 0 saturated carbocycles. The van der Waals surface area contributed by atoms with Crippen molar-refractivity contribution in [3.05, 3.63) is 35.9 Å². The monoisotopic (exact) mass is 241 g/mol. The third kappa shape index (κ3) is 4.65. The summed E-state index contributed by atoms with van der Waals surface area (Å²) in [5.41, 5.74) is 5.73. The quantitative estimate of drug-likeness (QED) is 0.638. The first-order chi connectivity index (χ1) is 7.59. The van der Waals surface area contributed by atoms with Gasteiger partial charge in [0.25, 0.3) is 0 Å². The molecule has 0 saturated heterocycles. The maximum Gasteiger partial charge on any atom is 0.321 e. The normalized spacial score (nSPS) is 14.4. The number of thioether (sulfide) groups is 1. The molecule has 0 fully saturated rings. The number of aliphatic carboxylic acids is 1. The van der Waals surface area contributed by atoms with Crippen LogP contribution in [-0.2, 0) is 11.2 Å². The Morgan fingerprint density at radius 3 is 2.56 bits per heavy atom. The summed E-state index contributed by atoms with van der Waals surface area (Å²) in [6, 6.07) is 8.62. The second-order valence-corrected chi connectivity index (χ2v) is 4.63. The molecule has 88 valence electrons. The molecule has 5 heteroatoms. The van der Waals surface area contributed by atoms with E-state index in [4.69, 9.17) is 10.8 Å². The summed E-state index contributed by atoms with van der Waals surface area (Å²) in [4.78, 5) is 10.5. The van der Waals surface area contributed by atoms with E-state index in [2.05, 4.69) is 0 Å². The lowest BCUT2D eigenvalue weighted by Gasteiger charge is -2.12. The molecule has 2 unspecified atom stereocenters. The third-order valence-corrected chi connectivity index (χ3v) is 3.14. The zero-order valence-corrected chi connectivity index (χ0v) is 9.56. The van der Waals surface area contributed by atoms with Crippen molar-refractivity contribution in [3.63, 3.8) is 0 Å². The highest BCUT2D eigenvalue weighted by Gasteiger charge is 2.14. The van der Waals surface area contributed by atoms with Crippen molar-refractivity contribution in [2.45, 2.75) is 17.9 Å². The minimum absolute atomic E-state index is 0.212. The van der Waals surface area contributed by atoms with E-state index in [0.29, 0.717) is 6.42 Å². The van der Waals surface area contributed by atoms with Gasteiger partial charge < -0.3 is 15.9 Å². The highest BCUT2D eigenvalue weighted by molar-refractivity contribution is 7.99. The second-order valence-electron chi connectivity index (χ2n) is 3.42. The highest BCUT2D eigenvalue weighted by atomic mass is 32.2. The Kier molecular flexibility index (Phi) is 5.31. The Balaban J connectivity index is 2.31. The number of carbonyl (C=O) groups is 1. The van der Waals surface area contributed by atoms with Gasteiger partial charge in [-0.1, -0.05) is 30.3 Å². The fourth-order valence-electron chi connectivity index (χ4n) is 1.16. The summed E-state index contributed by atoms with van der Waals surface area (Å²) in [5.74, 6) is -0.831. The van der Waals surface area contributed by atoms with E-state index >= 15 is 0 Å². The summed E-state index contributed by atoms with van der Waals surface area (Å²) in [7, 11) is 0. The number of rotatable bonds is 6. The molecule has 4 N–H and O–H groups in total. The average molecular weight is 241 g/mol. The van der Waals surface area contributed by atoms with Crippen molar-refractivity contribution in [2.24, 2.45) is 5.73 Å². The van der Waals surface area contributed by atoms with Gasteiger partial charge in [0.1, 0.15) is 11.5 Å². The van der Waals surface area contributed by atoms with Gasteiger partial charge in [0.05, 0.1) is 0 Å². The van der Waals surface area contributed by atoms with Gasteiger partial charge in [-0.3, -0.25) is 4.79 Å². The van der Waals surface area contributed by atoms with Gasteiger partial charge in [0, 0.05) is 12.2 Å². The Bertz CT molecular complexity index is 331. The van der Waals surface area contributed by atoms with Crippen molar-refractivity contribution in [1.82, 2.24) is 0 Å². The van der Waals surface area contributed by atoms with Crippen molar-refractivity contribution in [1.29, 1.82) is 0 Å². The lowest BCUT2D eigenvalue weighted by atomic mass is 10.2. The number of aliphatic hydroxyl groups is 1. The molecule has 0 bridgehead atoms. The van der Waals surface area contributed by atoms with Gasteiger partial charge in [0.2, 0.25) is 0 Å². The van der Waals surface area contributed by atoms with Gasteiger partial charge in [-0.05, 0) is 5.56 Å². The van der Waals surface area contributed by atoms with Crippen molar-refractivity contribution in [2.75, 3.05) is 5.75 Å². The molecular weight excluding hydrogens is 226 g/mol. The third-order valence-electron chi connectivity index (χ3n) is 2.04. The number of carboxylic acids is 1. The Hall–Kier alpha value is -1.04. The first-order valence-corrected chi connectivity index (χ1v) is 5.96. The van der Waals surface area contributed by atoms with Crippen LogP contribution in [0.25, 0.3) is 0 Å². The molecule has 0 radical (unpaired) electrons. The van der Waals surface area contributed by atoms with Crippen molar-refractivity contribution >= 4 is 17.7 Å². The van der Waals surface area contributed by atoms with Crippen LogP contribution in [0, 0.1) is 0 Å². The minimum Gasteiger partial charge on any atom is -0.480 e. The van der Waals surface area contributed by atoms with E-state index in [0.717, 1.165) is 17.3 Å². The van der Waals surface area contributed by atoms with Gasteiger partial charge in [0.15, 0.2) is 0 Å². The summed E-state index contributed by atoms with van der Waals surface area (Å²) < 4.78 is 0. The topological polar surface area (TPSA) is 83.5 Å². The fourth-order valence-corrected chi connectivity index (χ4v) is 2.04. The van der Waals surface area contributed by atoms with E-state index in [1.54, 1.807) is 0 Å². The summed E-state index contributed by atoms with van der Waals surface area (Å²) in [6.45, 7) is 0. The molecular formula is C11H15NO3S. The van der Waals surface area contributed by atoms with Crippen LogP contribution in [0.1, 0.15) is 5.56 Å². The lowest BCUT2D eigenvalue weighted by Crippen LogP contribution is -2.33. The molecule has 1 rings (SSSR count). The summed E-state index contributed by atoms with van der Waals surface area (Å²) in [5, 5.41) is 18.2. The summed E-state index contributed by atoms with van der Waals surface area (Å²) >= 11 is 1.16. The number of carboxylic acid groups (broad SMARTS) is 1. The van der Waals surface area contributed by atoms with E-state index in [1.165, 1.54) is 0 Å². The molecule has 0 spiro atoms. The van der Waals surface area contributed by atoms with Crippen LogP contribution in [0.3, 0.4) is 0 Å². The molecule has 2 atom stereocenters.